The topological polar surface area (TPSA) is 33.1 Å². The SMILES string of the molecule is Cc1nc(C2CCC(C)(C)CC2)sc1C(C)O. The molecule has 96 valence electrons. The van der Waals surface area contributed by atoms with Crippen LogP contribution in [0.1, 0.15) is 74.1 Å². The number of aryl methyl sites for hydroxylation is 1. The van der Waals surface area contributed by atoms with E-state index in [0.717, 1.165) is 10.6 Å². The molecular formula is C14H23NOS. The van der Waals surface area contributed by atoms with E-state index >= 15 is 0 Å². The largest absolute Gasteiger partial charge is 0.388 e. The zero-order valence-corrected chi connectivity index (χ0v) is 12.1. The molecule has 2 nitrogen and oxygen atoms in total. The standard InChI is InChI=1S/C14H23NOS/c1-9-12(10(2)16)17-13(15-9)11-5-7-14(3,4)8-6-11/h10-11,16H,5-8H2,1-4H3. The zero-order chi connectivity index (χ0) is 12.6. The second kappa shape index (κ2) is 4.69. The highest BCUT2D eigenvalue weighted by molar-refractivity contribution is 7.11. The van der Waals surface area contributed by atoms with E-state index in [1.54, 1.807) is 11.3 Å². The van der Waals surface area contributed by atoms with Gasteiger partial charge in [-0.25, -0.2) is 4.98 Å². The minimum absolute atomic E-state index is 0.374. The molecule has 0 amide bonds. The van der Waals surface area contributed by atoms with Gasteiger partial charge in [0.25, 0.3) is 0 Å². The van der Waals surface area contributed by atoms with Crippen LogP contribution in [0.4, 0.5) is 0 Å². The average Bonchev–Trinajstić information content (AvgIpc) is 2.60. The zero-order valence-electron chi connectivity index (χ0n) is 11.3. The van der Waals surface area contributed by atoms with Crippen molar-refractivity contribution in [1.82, 2.24) is 4.98 Å². The summed E-state index contributed by atoms with van der Waals surface area (Å²) in [4.78, 5) is 5.71. The molecule has 1 heterocycles. The van der Waals surface area contributed by atoms with Crippen molar-refractivity contribution in [2.24, 2.45) is 5.41 Å². The Kier molecular flexibility index (Phi) is 3.60. The second-order valence-electron chi connectivity index (χ2n) is 6.12. The molecule has 0 spiro atoms. The minimum atomic E-state index is -0.374. The van der Waals surface area contributed by atoms with Gasteiger partial charge in [-0.2, -0.15) is 0 Å². The van der Waals surface area contributed by atoms with Crippen LogP contribution in [-0.4, -0.2) is 10.1 Å². The Labute approximate surface area is 108 Å². The highest BCUT2D eigenvalue weighted by Gasteiger charge is 2.29. The first-order valence-electron chi connectivity index (χ1n) is 6.54. The van der Waals surface area contributed by atoms with E-state index in [9.17, 15) is 5.11 Å². The number of aromatic nitrogens is 1. The molecule has 2 rings (SSSR count). The molecule has 1 atom stereocenters. The summed E-state index contributed by atoms with van der Waals surface area (Å²) in [5.74, 6) is 0.624. The fraction of sp³-hybridized carbons (Fsp3) is 0.786. The molecule has 1 unspecified atom stereocenters. The first kappa shape index (κ1) is 13.0. The van der Waals surface area contributed by atoms with Crippen LogP contribution in [0.2, 0.25) is 0 Å². The van der Waals surface area contributed by atoms with E-state index in [1.165, 1.54) is 30.7 Å². The van der Waals surface area contributed by atoms with Crippen molar-refractivity contribution in [1.29, 1.82) is 0 Å². The Hall–Kier alpha value is -0.410. The molecule has 0 aliphatic heterocycles. The summed E-state index contributed by atoms with van der Waals surface area (Å²) in [5.41, 5.74) is 1.53. The third-order valence-corrected chi connectivity index (χ3v) is 5.41. The molecule has 3 heteroatoms. The Bertz CT molecular complexity index is 385. The van der Waals surface area contributed by atoms with E-state index in [0.29, 0.717) is 11.3 Å². The molecule has 1 aliphatic rings. The summed E-state index contributed by atoms with van der Waals surface area (Å²) < 4.78 is 0. The van der Waals surface area contributed by atoms with Gasteiger partial charge >= 0.3 is 0 Å². The number of hydrogen-bond donors (Lipinski definition) is 1. The summed E-state index contributed by atoms with van der Waals surface area (Å²) in [7, 11) is 0. The second-order valence-corrected chi connectivity index (χ2v) is 7.18. The van der Waals surface area contributed by atoms with Crippen LogP contribution in [0.15, 0.2) is 0 Å². The quantitative estimate of drug-likeness (QED) is 0.857. The van der Waals surface area contributed by atoms with Gasteiger partial charge < -0.3 is 5.11 Å². The highest BCUT2D eigenvalue weighted by atomic mass is 32.1. The number of aliphatic hydroxyl groups excluding tert-OH is 1. The highest BCUT2D eigenvalue weighted by Crippen LogP contribution is 2.44. The van der Waals surface area contributed by atoms with Crippen molar-refractivity contribution >= 4 is 11.3 Å². The van der Waals surface area contributed by atoms with Crippen molar-refractivity contribution in [3.05, 3.63) is 15.6 Å². The minimum Gasteiger partial charge on any atom is -0.388 e. The molecule has 0 radical (unpaired) electrons. The number of rotatable bonds is 2. The van der Waals surface area contributed by atoms with E-state index in [1.807, 2.05) is 13.8 Å². The average molecular weight is 253 g/mol. The van der Waals surface area contributed by atoms with Gasteiger partial charge in [0.05, 0.1) is 21.7 Å². The number of hydrogen-bond acceptors (Lipinski definition) is 3. The molecule has 17 heavy (non-hydrogen) atoms. The maximum absolute atomic E-state index is 9.67. The molecule has 1 N–H and O–H groups in total. The van der Waals surface area contributed by atoms with Crippen LogP contribution in [0.3, 0.4) is 0 Å². The van der Waals surface area contributed by atoms with Gasteiger partial charge in [0, 0.05) is 5.92 Å². The van der Waals surface area contributed by atoms with E-state index in [2.05, 4.69) is 18.8 Å². The molecule has 0 saturated heterocycles. The van der Waals surface area contributed by atoms with Gasteiger partial charge in [-0.1, -0.05) is 13.8 Å². The third kappa shape index (κ3) is 2.89. The molecule has 1 aliphatic carbocycles. The van der Waals surface area contributed by atoms with Crippen molar-refractivity contribution in [2.45, 2.75) is 65.4 Å². The van der Waals surface area contributed by atoms with Crippen LogP contribution >= 0.6 is 11.3 Å². The van der Waals surface area contributed by atoms with Crippen molar-refractivity contribution in [3.63, 3.8) is 0 Å². The predicted molar refractivity (Wildman–Crippen MR) is 72.5 cm³/mol. The van der Waals surface area contributed by atoms with Crippen LogP contribution in [0.5, 0.6) is 0 Å². The summed E-state index contributed by atoms with van der Waals surface area (Å²) in [5, 5.41) is 10.9. The fourth-order valence-corrected chi connectivity index (χ4v) is 3.81. The van der Waals surface area contributed by atoms with Gasteiger partial charge in [0.15, 0.2) is 0 Å². The predicted octanol–water partition coefficient (Wildman–Crippen LogP) is 4.19. The number of nitrogens with zero attached hydrogens (tertiary/aromatic N) is 1. The number of thiazole rings is 1. The van der Waals surface area contributed by atoms with Crippen molar-refractivity contribution in [2.75, 3.05) is 0 Å². The molecule has 1 fully saturated rings. The number of aliphatic hydroxyl groups is 1. The lowest BCUT2D eigenvalue weighted by Crippen LogP contribution is -2.20. The van der Waals surface area contributed by atoms with E-state index < -0.39 is 0 Å². The van der Waals surface area contributed by atoms with Gasteiger partial charge in [0.1, 0.15) is 0 Å². The Morgan fingerprint density at radius 2 is 1.94 bits per heavy atom. The molecular weight excluding hydrogens is 230 g/mol. The lowest BCUT2D eigenvalue weighted by atomic mass is 9.73. The van der Waals surface area contributed by atoms with Crippen LogP contribution in [-0.2, 0) is 0 Å². The van der Waals surface area contributed by atoms with Gasteiger partial charge in [-0.05, 0) is 44.9 Å². The van der Waals surface area contributed by atoms with Crippen LogP contribution in [0, 0.1) is 12.3 Å². The Morgan fingerprint density at radius 3 is 2.41 bits per heavy atom. The Balaban J connectivity index is 2.11. The third-order valence-electron chi connectivity index (χ3n) is 3.92. The lowest BCUT2D eigenvalue weighted by molar-refractivity contribution is 0.202. The van der Waals surface area contributed by atoms with Crippen LogP contribution < -0.4 is 0 Å². The van der Waals surface area contributed by atoms with Crippen molar-refractivity contribution < 1.29 is 5.11 Å². The van der Waals surface area contributed by atoms with Gasteiger partial charge in [-0.15, -0.1) is 11.3 Å². The van der Waals surface area contributed by atoms with Gasteiger partial charge in [-0.3, -0.25) is 0 Å². The van der Waals surface area contributed by atoms with E-state index in [4.69, 9.17) is 0 Å². The summed E-state index contributed by atoms with van der Waals surface area (Å²) >= 11 is 1.71. The maximum Gasteiger partial charge on any atom is 0.0962 e. The monoisotopic (exact) mass is 253 g/mol. The summed E-state index contributed by atoms with van der Waals surface area (Å²) in [6.45, 7) is 8.55. The van der Waals surface area contributed by atoms with Crippen LogP contribution in [0.25, 0.3) is 0 Å². The smallest absolute Gasteiger partial charge is 0.0962 e. The fourth-order valence-electron chi connectivity index (χ4n) is 2.64. The van der Waals surface area contributed by atoms with Gasteiger partial charge in [0.2, 0.25) is 0 Å². The first-order valence-corrected chi connectivity index (χ1v) is 7.36. The first-order chi connectivity index (χ1) is 7.89. The molecule has 0 bridgehead atoms. The van der Waals surface area contributed by atoms with Crippen molar-refractivity contribution in [3.8, 4) is 0 Å². The Morgan fingerprint density at radius 1 is 1.35 bits per heavy atom. The molecule has 1 aromatic heterocycles. The maximum atomic E-state index is 9.67. The molecule has 1 saturated carbocycles. The summed E-state index contributed by atoms with van der Waals surface area (Å²) in [6.07, 6.45) is 4.71. The van der Waals surface area contributed by atoms with E-state index in [-0.39, 0.29) is 6.10 Å². The summed E-state index contributed by atoms with van der Waals surface area (Å²) in [6, 6.07) is 0. The molecule has 0 aromatic carbocycles. The normalized spacial score (nSPS) is 22.6. The molecule has 1 aromatic rings. The lowest BCUT2D eigenvalue weighted by Gasteiger charge is -2.33.